The summed E-state index contributed by atoms with van der Waals surface area (Å²) >= 11 is 0. The van der Waals surface area contributed by atoms with Crippen LogP contribution >= 0.6 is 0 Å². The van der Waals surface area contributed by atoms with Crippen LogP contribution in [0.15, 0.2) is 64.6 Å². The highest BCUT2D eigenvalue weighted by molar-refractivity contribution is 6.51. The summed E-state index contributed by atoms with van der Waals surface area (Å²) in [4.78, 5) is 35.8. The zero-order valence-corrected chi connectivity index (χ0v) is 21.5. The van der Waals surface area contributed by atoms with Crippen molar-refractivity contribution in [2.24, 2.45) is 0 Å². The van der Waals surface area contributed by atoms with Crippen molar-refractivity contribution < 1.29 is 23.8 Å². The van der Waals surface area contributed by atoms with E-state index >= 15 is 0 Å². The van der Waals surface area contributed by atoms with Gasteiger partial charge in [0.25, 0.3) is 5.78 Å². The van der Waals surface area contributed by atoms with E-state index in [2.05, 4.69) is 9.97 Å². The van der Waals surface area contributed by atoms with Crippen molar-refractivity contribution in [2.75, 3.05) is 11.5 Å². The smallest absolute Gasteiger partial charge is 0.302 e. The number of carbonyl (C=O) groups excluding carboxylic acids is 2. The van der Waals surface area contributed by atoms with Crippen LogP contribution in [0.5, 0.6) is 5.75 Å². The first-order valence-electron chi connectivity index (χ1n) is 12.2. The fourth-order valence-corrected chi connectivity index (χ4v) is 4.67. The third-order valence-corrected chi connectivity index (χ3v) is 6.44. The van der Waals surface area contributed by atoms with Crippen LogP contribution in [0.25, 0.3) is 16.8 Å². The fourth-order valence-electron chi connectivity index (χ4n) is 4.67. The Kier molecular flexibility index (Phi) is 5.90. The Morgan fingerprint density at radius 2 is 1.89 bits per heavy atom. The molecule has 2 N–H and O–H groups in total. The van der Waals surface area contributed by atoms with Gasteiger partial charge in [0, 0.05) is 11.1 Å². The van der Waals surface area contributed by atoms with E-state index in [4.69, 9.17) is 9.15 Å². The number of amides is 1. The number of fused-ring (bicyclic) bond motifs is 1. The molecule has 2 aromatic carbocycles. The number of aliphatic hydroxyl groups excluding tert-OH is 1. The third kappa shape index (κ3) is 4.18. The van der Waals surface area contributed by atoms with E-state index in [9.17, 15) is 14.7 Å². The zero-order valence-electron chi connectivity index (χ0n) is 21.5. The van der Waals surface area contributed by atoms with Gasteiger partial charge in [-0.25, -0.2) is 4.98 Å². The molecule has 1 saturated heterocycles. The molecule has 1 fully saturated rings. The molecule has 3 heterocycles. The molecule has 190 valence electrons. The lowest BCUT2D eigenvalue weighted by Gasteiger charge is -2.24. The van der Waals surface area contributed by atoms with Gasteiger partial charge >= 0.3 is 5.91 Å². The maximum atomic E-state index is 13.4. The first-order chi connectivity index (χ1) is 17.6. The molecule has 1 aliphatic heterocycles. The SMILES string of the molecule is CCOc1ccc(/C(O)=C2\C(=O)C(=O)N(c3nc4ccccc4[nH]3)C2c2ccc(C)o2)cc1C(C)(C)C. The van der Waals surface area contributed by atoms with Crippen molar-refractivity contribution in [3.8, 4) is 5.75 Å². The number of para-hydroxylation sites is 2. The van der Waals surface area contributed by atoms with Crippen LogP contribution in [0, 0.1) is 6.92 Å². The fraction of sp³-hybridized carbons (Fsp3) is 0.276. The number of aromatic nitrogens is 2. The van der Waals surface area contributed by atoms with E-state index in [1.165, 1.54) is 4.90 Å². The minimum atomic E-state index is -1.00. The van der Waals surface area contributed by atoms with Gasteiger partial charge in [0.1, 0.15) is 29.1 Å². The molecular weight excluding hydrogens is 470 g/mol. The normalized spacial score (nSPS) is 17.6. The number of rotatable bonds is 5. The maximum absolute atomic E-state index is 13.4. The number of Topliss-reactive ketones (excluding diaryl/α,β-unsaturated/α-hetero) is 1. The molecular formula is C29H29N3O5. The summed E-state index contributed by atoms with van der Waals surface area (Å²) in [5, 5.41) is 11.5. The van der Waals surface area contributed by atoms with Gasteiger partial charge in [-0.1, -0.05) is 32.9 Å². The van der Waals surface area contributed by atoms with Crippen LogP contribution in [0.1, 0.15) is 56.4 Å². The molecule has 0 aliphatic carbocycles. The predicted octanol–water partition coefficient (Wildman–Crippen LogP) is 5.79. The number of benzene rings is 2. The standard InChI is InChI=1S/C29H29N3O5/c1-6-36-21-14-12-17(15-18(21)29(3,4)5)25(33)23-24(22-13-11-16(2)37-22)32(27(35)26(23)34)28-30-19-9-7-8-10-20(19)31-28/h7-15,24,33H,6H2,1-5H3,(H,30,31)/b25-23+. The van der Waals surface area contributed by atoms with Gasteiger partial charge < -0.3 is 19.2 Å². The number of carbonyl (C=O) groups is 2. The second-order valence-electron chi connectivity index (χ2n) is 10.1. The summed E-state index contributed by atoms with van der Waals surface area (Å²) < 4.78 is 11.7. The van der Waals surface area contributed by atoms with Crippen molar-refractivity contribution in [3.05, 3.63) is 82.8 Å². The Labute approximate surface area is 214 Å². The highest BCUT2D eigenvalue weighted by Gasteiger charge is 2.49. The number of hydrogen-bond donors (Lipinski definition) is 2. The maximum Gasteiger partial charge on any atom is 0.302 e. The van der Waals surface area contributed by atoms with Crippen LogP contribution in [0.2, 0.25) is 0 Å². The second kappa shape index (κ2) is 8.96. The second-order valence-corrected chi connectivity index (χ2v) is 10.1. The number of H-pyrrole nitrogens is 1. The summed E-state index contributed by atoms with van der Waals surface area (Å²) in [6.07, 6.45) is 0. The van der Waals surface area contributed by atoms with Gasteiger partial charge in [-0.05, 0) is 61.7 Å². The van der Waals surface area contributed by atoms with E-state index in [1.54, 1.807) is 37.3 Å². The van der Waals surface area contributed by atoms with E-state index in [0.717, 1.165) is 11.1 Å². The first-order valence-corrected chi connectivity index (χ1v) is 12.2. The molecule has 1 amide bonds. The lowest BCUT2D eigenvalue weighted by molar-refractivity contribution is -0.132. The minimum absolute atomic E-state index is 0.0659. The number of furan rings is 1. The summed E-state index contributed by atoms with van der Waals surface area (Å²) in [5.74, 6) is -0.0488. The van der Waals surface area contributed by atoms with Crippen LogP contribution in [-0.2, 0) is 15.0 Å². The van der Waals surface area contributed by atoms with Crippen LogP contribution in [0.3, 0.4) is 0 Å². The molecule has 8 heteroatoms. The third-order valence-electron chi connectivity index (χ3n) is 6.44. The van der Waals surface area contributed by atoms with Crippen LogP contribution < -0.4 is 9.64 Å². The number of aryl methyl sites for hydroxylation is 1. The summed E-state index contributed by atoms with van der Waals surface area (Å²) in [6, 6.07) is 15.1. The Morgan fingerprint density at radius 3 is 2.54 bits per heavy atom. The number of ether oxygens (including phenoxy) is 1. The molecule has 0 bridgehead atoms. The molecule has 0 spiro atoms. The van der Waals surface area contributed by atoms with Gasteiger partial charge in [0.2, 0.25) is 5.95 Å². The zero-order chi connectivity index (χ0) is 26.5. The summed E-state index contributed by atoms with van der Waals surface area (Å²) in [5.41, 5.74) is 2.28. The van der Waals surface area contributed by atoms with E-state index in [0.29, 0.717) is 35.0 Å². The van der Waals surface area contributed by atoms with Crippen molar-refractivity contribution in [2.45, 2.75) is 46.1 Å². The molecule has 1 aliphatic rings. The number of imidazole rings is 1. The van der Waals surface area contributed by atoms with Gasteiger partial charge in [-0.2, -0.15) is 0 Å². The van der Waals surface area contributed by atoms with Crippen LogP contribution in [-0.4, -0.2) is 33.4 Å². The highest BCUT2D eigenvalue weighted by atomic mass is 16.5. The molecule has 37 heavy (non-hydrogen) atoms. The average molecular weight is 500 g/mol. The van der Waals surface area contributed by atoms with Crippen molar-refractivity contribution in [1.82, 2.24) is 9.97 Å². The average Bonchev–Trinajstić information content (AvgIpc) is 3.54. The Balaban J connectivity index is 1.71. The van der Waals surface area contributed by atoms with E-state index in [-0.39, 0.29) is 22.7 Å². The topological polar surface area (TPSA) is 109 Å². The lowest BCUT2D eigenvalue weighted by atomic mass is 9.84. The number of hydrogen-bond acceptors (Lipinski definition) is 6. The molecule has 0 radical (unpaired) electrons. The number of aliphatic hydroxyl groups is 1. The monoisotopic (exact) mass is 499 g/mol. The van der Waals surface area contributed by atoms with Gasteiger partial charge in [0.05, 0.1) is 23.2 Å². The Morgan fingerprint density at radius 1 is 1.14 bits per heavy atom. The number of nitrogens with zero attached hydrogens (tertiary/aromatic N) is 2. The van der Waals surface area contributed by atoms with Crippen LogP contribution in [0.4, 0.5) is 5.95 Å². The highest BCUT2D eigenvalue weighted by Crippen LogP contribution is 2.43. The summed E-state index contributed by atoms with van der Waals surface area (Å²) in [7, 11) is 0. The first kappa shape index (κ1) is 24.4. The van der Waals surface area contributed by atoms with Crippen molar-refractivity contribution in [1.29, 1.82) is 0 Å². The number of ketones is 1. The van der Waals surface area contributed by atoms with E-state index < -0.39 is 17.7 Å². The van der Waals surface area contributed by atoms with Crippen molar-refractivity contribution in [3.63, 3.8) is 0 Å². The molecule has 1 unspecified atom stereocenters. The number of aromatic amines is 1. The molecule has 0 saturated carbocycles. The Hall–Kier alpha value is -4.33. The Bertz CT molecular complexity index is 1520. The number of nitrogens with one attached hydrogen (secondary N) is 1. The lowest BCUT2D eigenvalue weighted by Crippen LogP contribution is -2.30. The molecule has 8 nitrogen and oxygen atoms in total. The predicted molar refractivity (Wildman–Crippen MR) is 141 cm³/mol. The quantitative estimate of drug-likeness (QED) is 0.204. The molecule has 1 atom stereocenters. The van der Waals surface area contributed by atoms with Gasteiger partial charge in [-0.15, -0.1) is 0 Å². The molecule has 4 aromatic rings. The van der Waals surface area contributed by atoms with Gasteiger partial charge in [0.15, 0.2) is 0 Å². The number of anilines is 1. The van der Waals surface area contributed by atoms with Crippen molar-refractivity contribution >= 4 is 34.4 Å². The largest absolute Gasteiger partial charge is 0.507 e. The minimum Gasteiger partial charge on any atom is -0.507 e. The molecule has 2 aromatic heterocycles. The van der Waals surface area contributed by atoms with E-state index in [1.807, 2.05) is 52.0 Å². The van der Waals surface area contributed by atoms with Gasteiger partial charge in [-0.3, -0.25) is 14.5 Å². The molecule has 5 rings (SSSR count). The summed E-state index contributed by atoms with van der Waals surface area (Å²) in [6.45, 7) is 10.3.